The minimum absolute atomic E-state index is 0.0103. The molecule has 1 fully saturated rings. The van der Waals surface area contributed by atoms with Gasteiger partial charge in [0.05, 0.1) is 12.2 Å². The van der Waals surface area contributed by atoms with E-state index in [0.29, 0.717) is 6.54 Å². The van der Waals surface area contributed by atoms with Crippen LogP contribution in [0.2, 0.25) is 0 Å². The Kier molecular flexibility index (Phi) is 5.79. The molecule has 3 aromatic carbocycles. The number of piperidine rings is 1. The lowest BCUT2D eigenvalue weighted by molar-refractivity contribution is -0.117. The van der Waals surface area contributed by atoms with Gasteiger partial charge in [0.2, 0.25) is 5.91 Å². The van der Waals surface area contributed by atoms with Crippen LogP contribution in [0.5, 0.6) is 0 Å². The van der Waals surface area contributed by atoms with Crippen LogP contribution in [0.25, 0.3) is 16.5 Å². The van der Waals surface area contributed by atoms with Crippen LogP contribution in [0.1, 0.15) is 24.6 Å². The molecule has 7 heteroatoms. The molecule has 1 aliphatic rings. The van der Waals surface area contributed by atoms with E-state index in [1.807, 2.05) is 72.8 Å². The molecular formula is C26H27N5O2. The lowest BCUT2D eigenvalue weighted by atomic mass is 9.95. The molecule has 0 aliphatic carbocycles. The van der Waals surface area contributed by atoms with E-state index in [4.69, 9.17) is 0 Å². The molecule has 4 aromatic rings. The average molecular weight is 442 g/mol. The molecule has 1 aliphatic heterocycles. The molecule has 1 amide bonds. The van der Waals surface area contributed by atoms with Gasteiger partial charge in [-0.05, 0) is 49.5 Å². The van der Waals surface area contributed by atoms with E-state index in [1.54, 1.807) is 11.6 Å². The van der Waals surface area contributed by atoms with Crippen LogP contribution >= 0.6 is 0 Å². The zero-order chi connectivity index (χ0) is 22.8. The first-order chi connectivity index (χ1) is 16.1. The Hall–Kier alpha value is -3.71. The predicted molar refractivity (Wildman–Crippen MR) is 130 cm³/mol. The maximum absolute atomic E-state index is 12.7. The van der Waals surface area contributed by atoms with Gasteiger partial charge in [-0.25, -0.2) is 14.0 Å². The maximum Gasteiger partial charge on any atom is 0.350 e. The summed E-state index contributed by atoms with van der Waals surface area (Å²) in [6.07, 6.45) is 1.70. The molecule has 0 saturated carbocycles. The summed E-state index contributed by atoms with van der Waals surface area (Å²) in [6, 6.07) is 23.6. The number of anilines is 1. The highest BCUT2D eigenvalue weighted by atomic mass is 16.2. The largest absolute Gasteiger partial charge is 0.350 e. The van der Waals surface area contributed by atoms with E-state index >= 15 is 0 Å². The highest BCUT2D eigenvalue weighted by Crippen LogP contribution is 2.28. The van der Waals surface area contributed by atoms with E-state index in [2.05, 4.69) is 15.3 Å². The Morgan fingerprint density at radius 1 is 0.970 bits per heavy atom. The number of hydrogen-bond donors (Lipinski definition) is 1. The Balaban J connectivity index is 1.24. The number of nitrogens with zero attached hydrogens (tertiary/aromatic N) is 4. The topological polar surface area (TPSA) is 72.2 Å². The second kappa shape index (κ2) is 9.03. The van der Waals surface area contributed by atoms with Crippen molar-refractivity contribution in [2.24, 2.45) is 7.05 Å². The molecule has 1 saturated heterocycles. The summed E-state index contributed by atoms with van der Waals surface area (Å²) in [7, 11) is 1.69. The lowest BCUT2D eigenvalue weighted by Gasteiger charge is -2.31. The Bertz CT molecular complexity index is 1330. The first kappa shape index (κ1) is 21.2. The Labute approximate surface area is 192 Å². The van der Waals surface area contributed by atoms with Gasteiger partial charge in [-0.2, -0.15) is 5.10 Å². The molecule has 1 aromatic heterocycles. The molecule has 0 spiro atoms. The zero-order valence-corrected chi connectivity index (χ0v) is 18.6. The number of nitrogens with one attached hydrogen (secondary N) is 1. The molecule has 0 radical (unpaired) electrons. The van der Waals surface area contributed by atoms with Crippen molar-refractivity contribution >= 4 is 22.4 Å². The molecule has 33 heavy (non-hydrogen) atoms. The number of carbonyl (C=O) groups excluding carboxylic acids is 1. The van der Waals surface area contributed by atoms with Crippen LogP contribution in [0, 0.1) is 0 Å². The maximum atomic E-state index is 12.7. The van der Waals surface area contributed by atoms with Crippen LogP contribution in [-0.2, 0) is 11.8 Å². The number of carbonyl (C=O) groups is 1. The van der Waals surface area contributed by atoms with E-state index in [-0.39, 0.29) is 17.5 Å². The summed E-state index contributed by atoms with van der Waals surface area (Å²) < 4.78 is 3.12. The molecule has 1 N–H and O–H groups in total. The van der Waals surface area contributed by atoms with Gasteiger partial charge in [0.1, 0.15) is 5.82 Å². The fourth-order valence-electron chi connectivity index (χ4n) is 4.64. The molecule has 0 atom stereocenters. The molecule has 5 rings (SSSR count). The summed E-state index contributed by atoms with van der Waals surface area (Å²) >= 11 is 0. The molecule has 2 heterocycles. The standard InChI is InChI=1S/C26H27N5O2/c1-29-26(33)31(21-10-3-2-4-11-21)25(28-29)20-14-16-30(17-15-20)18-24(32)27-23-13-7-9-19-8-5-6-12-22(19)23/h2-13,20H,14-18H2,1H3,(H,27,32). The van der Waals surface area contributed by atoms with Crippen molar-refractivity contribution in [2.75, 3.05) is 25.0 Å². The van der Waals surface area contributed by atoms with Crippen molar-refractivity contribution in [2.45, 2.75) is 18.8 Å². The zero-order valence-electron chi connectivity index (χ0n) is 18.6. The lowest BCUT2D eigenvalue weighted by Crippen LogP contribution is -2.39. The van der Waals surface area contributed by atoms with Gasteiger partial charge in [0.25, 0.3) is 0 Å². The highest BCUT2D eigenvalue weighted by molar-refractivity contribution is 6.02. The number of rotatable bonds is 5. The van der Waals surface area contributed by atoms with Gasteiger partial charge >= 0.3 is 5.69 Å². The highest BCUT2D eigenvalue weighted by Gasteiger charge is 2.27. The Morgan fingerprint density at radius 2 is 1.67 bits per heavy atom. The normalized spacial score (nSPS) is 15.1. The number of amides is 1. The number of fused-ring (bicyclic) bond motifs is 1. The fraction of sp³-hybridized carbons (Fsp3) is 0.269. The number of benzene rings is 3. The molecular weight excluding hydrogens is 414 g/mol. The number of para-hydroxylation sites is 1. The van der Waals surface area contributed by atoms with Crippen molar-refractivity contribution in [3.05, 3.63) is 89.1 Å². The second-order valence-corrected chi connectivity index (χ2v) is 8.56. The first-order valence-electron chi connectivity index (χ1n) is 11.3. The van der Waals surface area contributed by atoms with Gasteiger partial charge < -0.3 is 5.32 Å². The van der Waals surface area contributed by atoms with Crippen LogP contribution in [-0.4, -0.2) is 44.8 Å². The van der Waals surface area contributed by atoms with Crippen LogP contribution < -0.4 is 11.0 Å². The average Bonchev–Trinajstić information content (AvgIpc) is 3.14. The molecule has 0 unspecified atom stereocenters. The van der Waals surface area contributed by atoms with E-state index in [0.717, 1.165) is 53.9 Å². The second-order valence-electron chi connectivity index (χ2n) is 8.56. The number of hydrogen-bond acceptors (Lipinski definition) is 4. The molecule has 168 valence electrons. The smallest absolute Gasteiger partial charge is 0.324 e. The van der Waals surface area contributed by atoms with Crippen molar-refractivity contribution in [3.63, 3.8) is 0 Å². The van der Waals surface area contributed by atoms with Gasteiger partial charge in [-0.15, -0.1) is 0 Å². The fourth-order valence-corrected chi connectivity index (χ4v) is 4.64. The van der Waals surface area contributed by atoms with Crippen molar-refractivity contribution in [1.82, 2.24) is 19.2 Å². The van der Waals surface area contributed by atoms with Crippen molar-refractivity contribution in [3.8, 4) is 5.69 Å². The molecule has 7 nitrogen and oxygen atoms in total. The van der Waals surface area contributed by atoms with E-state index < -0.39 is 0 Å². The van der Waals surface area contributed by atoms with Crippen LogP contribution in [0.15, 0.2) is 77.6 Å². The first-order valence-corrected chi connectivity index (χ1v) is 11.3. The van der Waals surface area contributed by atoms with E-state index in [9.17, 15) is 9.59 Å². The Morgan fingerprint density at radius 3 is 2.45 bits per heavy atom. The van der Waals surface area contributed by atoms with Crippen LogP contribution in [0.3, 0.4) is 0 Å². The quantitative estimate of drug-likeness (QED) is 0.514. The minimum Gasteiger partial charge on any atom is -0.324 e. The summed E-state index contributed by atoms with van der Waals surface area (Å²) in [5.74, 6) is 0.967. The van der Waals surface area contributed by atoms with Crippen molar-refractivity contribution < 1.29 is 4.79 Å². The number of aryl methyl sites for hydroxylation is 1. The van der Waals surface area contributed by atoms with Crippen molar-refractivity contribution in [1.29, 1.82) is 0 Å². The third-order valence-electron chi connectivity index (χ3n) is 6.35. The van der Waals surface area contributed by atoms with Gasteiger partial charge in [0.15, 0.2) is 0 Å². The van der Waals surface area contributed by atoms with E-state index in [1.165, 1.54) is 4.68 Å². The number of likely N-dealkylation sites (tertiary alicyclic amines) is 1. The third kappa shape index (κ3) is 4.32. The van der Waals surface area contributed by atoms with Gasteiger partial charge in [0, 0.05) is 24.0 Å². The predicted octanol–water partition coefficient (Wildman–Crippen LogP) is 3.54. The monoisotopic (exact) mass is 441 g/mol. The summed E-state index contributed by atoms with van der Waals surface area (Å²) in [5.41, 5.74) is 1.55. The summed E-state index contributed by atoms with van der Waals surface area (Å²) in [4.78, 5) is 27.6. The van der Waals surface area contributed by atoms with Gasteiger partial charge in [-0.1, -0.05) is 54.6 Å². The van der Waals surface area contributed by atoms with Crippen LogP contribution in [0.4, 0.5) is 5.69 Å². The van der Waals surface area contributed by atoms with Gasteiger partial charge in [-0.3, -0.25) is 9.69 Å². The minimum atomic E-state index is -0.131. The SMILES string of the molecule is Cn1nc(C2CCN(CC(=O)Nc3cccc4ccccc34)CC2)n(-c2ccccc2)c1=O. The third-order valence-corrected chi connectivity index (χ3v) is 6.35. The summed E-state index contributed by atoms with van der Waals surface area (Å²) in [5, 5.41) is 9.78. The molecule has 0 bridgehead atoms. The number of aromatic nitrogens is 3. The summed E-state index contributed by atoms with van der Waals surface area (Å²) in [6.45, 7) is 1.92.